The van der Waals surface area contributed by atoms with Crippen LogP contribution < -0.4 is 0 Å². The number of carbonyl (C=O) groups is 1. The van der Waals surface area contributed by atoms with Crippen LogP contribution in [0, 0.1) is 5.41 Å². The van der Waals surface area contributed by atoms with Gasteiger partial charge in [-0.15, -0.1) is 0 Å². The lowest BCUT2D eigenvalue weighted by Gasteiger charge is -2.47. The minimum absolute atomic E-state index is 0.0418. The van der Waals surface area contributed by atoms with Crippen LogP contribution >= 0.6 is 0 Å². The van der Waals surface area contributed by atoms with Crippen molar-refractivity contribution in [3.63, 3.8) is 0 Å². The summed E-state index contributed by atoms with van der Waals surface area (Å²) in [5, 5.41) is 0. The number of halogens is 2. The number of piperidine rings is 2. The molecule has 27 heavy (non-hydrogen) atoms. The maximum Gasteiger partial charge on any atom is 0.409 e. The number of carbonyl (C=O) groups excluding carboxylic acids is 1. The van der Waals surface area contributed by atoms with E-state index in [2.05, 4.69) is 11.0 Å². The number of nitrogens with zero attached hydrogens (tertiary/aromatic N) is 3. The molecule has 3 fully saturated rings. The minimum Gasteiger partial charge on any atom is -0.450 e. The molecule has 0 radical (unpaired) electrons. The Kier molecular flexibility index (Phi) is 5.08. The van der Waals surface area contributed by atoms with Gasteiger partial charge in [0.25, 0.3) is 5.92 Å². The number of ether oxygens (including phenoxy) is 1. The smallest absolute Gasteiger partial charge is 0.409 e. The van der Waals surface area contributed by atoms with Gasteiger partial charge in [-0.3, -0.25) is 4.90 Å². The fourth-order valence-corrected chi connectivity index (χ4v) is 5.24. The average Bonchev–Trinajstić information content (AvgIpc) is 3.06. The molecule has 4 rings (SSSR count). The van der Waals surface area contributed by atoms with E-state index in [-0.39, 0.29) is 24.5 Å². The van der Waals surface area contributed by atoms with Gasteiger partial charge in [0.2, 0.25) is 0 Å². The van der Waals surface area contributed by atoms with Gasteiger partial charge in [0.05, 0.1) is 13.2 Å². The molecule has 3 heterocycles. The Balaban J connectivity index is 1.27. The standard InChI is InChI=1S/C20H31F2N3O2/c1-2-27-18(26)25-11-7-19(14-25)12-17(13-19)23-9-4-16(5-10-23)24-8-3-6-20(21,22)15-24/h12,16H,2-11,13-15H2,1H3. The van der Waals surface area contributed by atoms with Gasteiger partial charge in [-0.05, 0) is 45.6 Å². The van der Waals surface area contributed by atoms with Crippen LogP contribution in [0.5, 0.6) is 0 Å². The molecule has 1 spiro atoms. The first-order valence-corrected chi connectivity index (χ1v) is 10.4. The van der Waals surface area contributed by atoms with Crippen LogP contribution in [-0.2, 0) is 4.74 Å². The van der Waals surface area contributed by atoms with Crippen LogP contribution in [0.3, 0.4) is 0 Å². The van der Waals surface area contributed by atoms with Gasteiger partial charge < -0.3 is 14.5 Å². The molecule has 4 aliphatic rings. The van der Waals surface area contributed by atoms with Crippen molar-refractivity contribution in [2.45, 2.75) is 57.4 Å². The van der Waals surface area contributed by atoms with E-state index in [1.807, 2.05) is 16.7 Å². The third-order valence-corrected chi connectivity index (χ3v) is 6.73. The zero-order valence-corrected chi connectivity index (χ0v) is 16.3. The molecule has 0 bridgehead atoms. The summed E-state index contributed by atoms with van der Waals surface area (Å²) in [4.78, 5) is 18.2. The Bertz CT molecular complexity index is 604. The van der Waals surface area contributed by atoms with Gasteiger partial charge in [0.1, 0.15) is 0 Å². The summed E-state index contributed by atoms with van der Waals surface area (Å²) < 4.78 is 32.5. The predicted molar refractivity (Wildman–Crippen MR) is 98.7 cm³/mol. The van der Waals surface area contributed by atoms with Crippen molar-refractivity contribution in [2.75, 3.05) is 45.9 Å². The number of likely N-dealkylation sites (tertiary alicyclic amines) is 3. The molecule has 3 aliphatic heterocycles. The summed E-state index contributed by atoms with van der Waals surface area (Å²) >= 11 is 0. The van der Waals surface area contributed by atoms with E-state index in [4.69, 9.17) is 4.74 Å². The summed E-state index contributed by atoms with van der Waals surface area (Å²) in [7, 11) is 0. The maximum absolute atomic E-state index is 13.7. The lowest BCUT2D eigenvalue weighted by Crippen LogP contribution is -2.52. The summed E-state index contributed by atoms with van der Waals surface area (Å²) in [6, 6.07) is 0.299. The molecule has 0 aromatic heterocycles. The second kappa shape index (κ2) is 7.22. The van der Waals surface area contributed by atoms with Crippen LogP contribution in [0.2, 0.25) is 0 Å². The molecular weight excluding hydrogens is 352 g/mol. The number of alkyl halides is 2. The molecule has 0 aromatic rings. The molecule has 5 nitrogen and oxygen atoms in total. The van der Waals surface area contributed by atoms with Gasteiger partial charge in [0.15, 0.2) is 0 Å². The summed E-state index contributed by atoms with van der Waals surface area (Å²) in [6.45, 7) is 6.44. The van der Waals surface area contributed by atoms with E-state index < -0.39 is 5.92 Å². The first-order valence-electron chi connectivity index (χ1n) is 10.4. The summed E-state index contributed by atoms with van der Waals surface area (Å²) in [5.41, 5.74) is 1.51. The monoisotopic (exact) mass is 383 g/mol. The van der Waals surface area contributed by atoms with E-state index in [1.165, 1.54) is 5.70 Å². The largest absolute Gasteiger partial charge is 0.450 e. The molecule has 1 atom stereocenters. The zero-order chi connectivity index (χ0) is 19.1. The van der Waals surface area contributed by atoms with Gasteiger partial charge in [-0.25, -0.2) is 13.6 Å². The third kappa shape index (κ3) is 3.93. The Morgan fingerprint density at radius 2 is 1.93 bits per heavy atom. The molecule has 3 saturated heterocycles. The van der Waals surface area contributed by atoms with Gasteiger partial charge in [-0.1, -0.05) is 6.08 Å². The second-order valence-corrected chi connectivity index (χ2v) is 8.69. The Hall–Kier alpha value is -1.37. The summed E-state index contributed by atoms with van der Waals surface area (Å²) in [5.74, 6) is -2.51. The van der Waals surface area contributed by atoms with Crippen molar-refractivity contribution >= 4 is 6.09 Å². The number of hydrogen-bond acceptors (Lipinski definition) is 4. The lowest BCUT2D eigenvalue weighted by atomic mass is 9.72. The van der Waals surface area contributed by atoms with Crippen LogP contribution in [0.1, 0.15) is 45.4 Å². The van der Waals surface area contributed by atoms with Crippen LogP contribution in [0.25, 0.3) is 0 Å². The maximum atomic E-state index is 13.7. The van der Waals surface area contributed by atoms with E-state index in [9.17, 15) is 13.6 Å². The van der Waals surface area contributed by atoms with Gasteiger partial charge in [-0.2, -0.15) is 0 Å². The Morgan fingerprint density at radius 3 is 2.59 bits per heavy atom. The van der Waals surface area contributed by atoms with E-state index in [1.54, 1.807) is 0 Å². The number of amides is 1. The zero-order valence-electron chi connectivity index (χ0n) is 16.3. The molecule has 152 valence electrons. The highest BCUT2D eigenvalue weighted by Crippen LogP contribution is 2.48. The average molecular weight is 383 g/mol. The highest BCUT2D eigenvalue weighted by Gasteiger charge is 2.46. The van der Waals surface area contributed by atoms with E-state index in [0.29, 0.717) is 19.1 Å². The number of rotatable bonds is 3. The molecule has 0 aromatic carbocycles. The minimum atomic E-state index is -2.51. The molecule has 0 N–H and O–H groups in total. The summed E-state index contributed by atoms with van der Waals surface area (Å²) in [6.07, 6.45) is 6.77. The molecular formula is C20H31F2N3O2. The first-order chi connectivity index (χ1) is 12.9. The molecule has 7 heteroatoms. The van der Waals surface area contributed by atoms with Crippen molar-refractivity contribution in [1.82, 2.24) is 14.7 Å². The fraction of sp³-hybridized carbons (Fsp3) is 0.850. The Labute approximate surface area is 160 Å². The molecule has 1 aliphatic carbocycles. The van der Waals surface area contributed by atoms with Gasteiger partial charge >= 0.3 is 6.09 Å². The first kappa shape index (κ1) is 19.0. The third-order valence-electron chi connectivity index (χ3n) is 6.73. The second-order valence-electron chi connectivity index (χ2n) is 8.69. The predicted octanol–water partition coefficient (Wildman–Crippen LogP) is 3.32. The normalized spacial score (nSPS) is 31.7. The number of hydrogen-bond donors (Lipinski definition) is 0. The van der Waals surface area contributed by atoms with E-state index >= 15 is 0 Å². The van der Waals surface area contributed by atoms with Gasteiger partial charge in [0, 0.05) is 49.8 Å². The molecule has 0 saturated carbocycles. The van der Waals surface area contributed by atoms with E-state index in [0.717, 1.165) is 58.4 Å². The highest BCUT2D eigenvalue weighted by atomic mass is 19.3. The van der Waals surface area contributed by atoms with Crippen molar-refractivity contribution in [3.05, 3.63) is 11.8 Å². The fourth-order valence-electron chi connectivity index (χ4n) is 5.24. The molecule has 1 unspecified atom stereocenters. The van der Waals surface area contributed by atoms with Crippen LogP contribution in [0.15, 0.2) is 11.8 Å². The van der Waals surface area contributed by atoms with Crippen LogP contribution in [-0.4, -0.2) is 78.6 Å². The highest BCUT2D eigenvalue weighted by molar-refractivity contribution is 5.68. The molecule has 1 amide bonds. The SMILES string of the molecule is CCOC(=O)N1CCC2(C=C(N3CCC(N4CCCC(F)(F)C4)CC3)C2)C1. The lowest BCUT2D eigenvalue weighted by molar-refractivity contribution is -0.0802. The topological polar surface area (TPSA) is 36.0 Å². The van der Waals surface area contributed by atoms with Crippen molar-refractivity contribution in [1.29, 1.82) is 0 Å². The quantitative estimate of drug-likeness (QED) is 0.749. The van der Waals surface area contributed by atoms with Crippen LogP contribution in [0.4, 0.5) is 13.6 Å². The van der Waals surface area contributed by atoms with Crippen molar-refractivity contribution in [2.24, 2.45) is 5.41 Å². The number of allylic oxidation sites excluding steroid dienone is 1. The Morgan fingerprint density at radius 1 is 1.19 bits per heavy atom. The van der Waals surface area contributed by atoms with Crippen molar-refractivity contribution < 1.29 is 18.3 Å². The van der Waals surface area contributed by atoms with Crippen molar-refractivity contribution in [3.8, 4) is 0 Å².